The number of amides is 1. The van der Waals surface area contributed by atoms with Crippen molar-refractivity contribution in [2.75, 3.05) is 20.1 Å². The van der Waals surface area contributed by atoms with Crippen LogP contribution in [-0.4, -0.2) is 42.9 Å². The highest BCUT2D eigenvalue weighted by Crippen LogP contribution is 2.23. The first-order valence-corrected chi connectivity index (χ1v) is 9.44. The van der Waals surface area contributed by atoms with Gasteiger partial charge < -0.3 is 15.5 Å². The average Bonchev–Trinajstić information content (AvgIpc) is 3.06. The zero-order valence-corrected chi connectivity index (χ0v) is 14.6. The van der Waals surface area contributed by atoms with Gasteiger partial charge in [-0.25, -0.2) is 0 Å². The van der Waals surface area contributed by atoms with Crippen molar-refractivity contribution >= 4 is 23.2 Å². The molecule has 23 heavy (non-hydrogen) atoms. The van der Waals surface area contributed by atoms with Crippen molar-refractivity contribution in [1.82, 2.24) is 15.5 Å². The molecular weight excluding hydrogens is 308 g/mol. The van der Waals surface area contributed by atoms with Crippen molar-refractivity contribution < 1.29 is 4.79 Å². The van der Waals surface area contributed by atoms with Crippen LogP contribution in [0.4, 0.5) is 0 Å². The van der Waals surface area contributed by atoms with Crippen LogP contribution in [0.15, 0.2) is 16.4 Å². The SMILES string of the molecule is CN=C(NCC(=O)N1CCc2sccc2C1)NC1CCCCC1. The van der Waals surface area contributed by atoms with E-state index in [0.29, 0.717) is 12.6 Å². The molecule has 2 heterocycles. The van der Waals surface area contributed by atoms with Crippen LogP contribution in [0.2, 0.25) is 0 Å². The number of aliphatic imine (C=N–C) groups is 1. The van der Waals surface area contributed by atoms with Crippen molar-refractivity contribution in [2.45, 2.75) is 51.1 Å². The summed E-state index contributed by atoms with van der Waals surface area (Å²) < 4.78 is 0. The first-order chi connectivity index (χ1) is 11.3. The van der Waals surface area contributed by atoms with Crippen LogP contribution in [0.1, 0.15) is 42.5 Å². The normalized spacial score (nSPS) is 19.3. The Morgan fingerprint density at radius 3 is 3.00 bits per heavy atom. The van der Waals surface area contributed by atoms with E-state index in [-0.39, 0.29) is 5.91 Å². The Kier molecular flexibility index (Phi) is 5.54. The highest BCUT2D eigenvalue weighted by atomic mass is 32.1. The molecule has 0 atom stereocenters. The van der Waals surface area contributed by atoms with Crippen molar-refractivity contribution in [3.05, 3.63) is 21.9 Å². The summed E-state index contributed by atoms with van der Waals surface area (Å²) in [4.78, 5) is 20.0. The molecule has 0 radical (unpaired) electrons. The summed E-state index contributed by atoms with van der Waals surface area (Å²) in [5.74, 6) is 0.895. The molecule has 6 heteroatoms. The molecule has 0 unspecified atom stereocenters. The maximum Gasteiger partial charge on any atom is 0.242 e. The molecule has 1 amide bonds. The summed E-state index contributed by atoms with van der Waals surface area (Å²) in [6.45, 7) is 1.88. The number of fused-ring (bicyclic) bond motifs is 1. The van der Waals surface area contributed by atoms with E-state index >= 15 is 0 Å². The summed E-state index contributed by atoms with van der Waals surface area (Å²) in [6.07, 6.45) is 7.27. The Morgan fingerprint density at radius 2 is 2.22 bits per heavy atom. The van der Waals surface area contributed by atoms with E-state index in [1.165, 1.54) is 42.5 Å². The van der Waals surface area contributed by atoms with Gasteiger partial charge in [0, 0.05) is 31.1 Å². The number of hydrogen-bond donors (Lipinski definition) is 2. The van der Waals surface area contributed by atoms with Crippen LogP contribution in [0.25, 0.3) is 0 Å². The fourth-order valence-corrected chi connectivity index (χ4v) is 4.26. The van der Waals surface area contributed by atoms with Gasteiger partial charge in [-0.2, -0.15) is 0 Å². The minimum Gasteiger partial charge on any atom is -0.354 e. The van der Waals surface area contributed by atoms with Crippen LogP contribution >= 0.6 is 11.3 Å². The second kappa shape index (κ2) is 7.81. The van der Waals surface area contributed by atoms with Gasteiger partial charge in [-0.1, -0.05) is 19.3 Å². The Bertz CT molecular complexity index is 563. The second-order valence-electron chi connectivity index (χ2n) is 6.34. The topological polar surface area (TPSA) is 56.7 Å². The Morgan fingerprint density at radius 1 is 1.39 bits per heavy atom. The van der Waals surface area contributed by atoms with Gasteiger partial charge in [0.15, 0.2) is 5.96 Å². The third kappa shape index (κ3) is 4.25. The molecule has 2 N–H and O–H groups in total. The molecular formula is C17H26N4OS. The van der Waals surface area contributed by atoms with Gasteiger partial charge in [0.2, 0.25) is 5.91 Å². The van der Waals surface area contributed by atoms with Gasteiger partial charge in [-0.05, 0) is 36.3 Å². The van der Waals surface area contributed by atoms with Crippen LogP contribution in [0.5, 0.6) is 0 Å². The minimum absolute atomic E-state index is 0.147. The van der Waals surface area contributed by atoms with Gasteiger partial charge in [-0.3, -0.25) is 9.79 Å². The zero-order valence-electron chi connectivity index (χ0n) is 13.8. The third-order valence-electron chi connectivity index (χ3n) is 4.74. The molecule has 1 fully saturated rings. The number of hydrogen-bond acceptors (Lipinski definition) is 3. The Hall–Kier alpha value is -1.56. The van der Waals surface area contributed by atoms with Crippen LogP contribution < -0.4 is 10.6 Å². The van der Waals surface area contributed by atoms with Gasteiger partial charge in [0.1, 0.15) is 0 Å². The Labute approximate surface area is 142 Å². The molecule has 0 bridgehead atoms. The second-order valence-corrected chi connectivity index (χ2v) is 7.34. The molecule has 5 nitrogen and oxygen atoms in total. The first kappa shape index (κ1) is 16.3. The van der Waals surface area contributed by atoms with E-state index in [4.69, 9.17) is 0 Å². The minimum atomic E-state index is 0.147. The largest absolute Gasteiger partial charge is 0.354 e. The monoisotopic (exact) mass is 334 g/mol. The molecule has 1 aromatic rings. The molecule has 1 aliphatic heterocycles. The third-order valence-corrected chi connectivity index (χ3v) is 5.76. The molecule has 1 saturated carbocycles. The van der Waals surface area contributed by atoms with Gasteiger partial charge in [0.05, 0.1) is 6.54 Å². The molecule has 0 saturated heterocycles. The average molecular weight is 334 g/mol. The summed E-state index contributed by atoms with van der Waals surface area (Å²) in [6, 6.07) is 2.63. The van der Waals surface area contributed by atoms with Gasteiger partial charge >= 0.3 is 0 Å². The lowest BCUT2D eigenvalue weighted by atomic mass is 9.96. The number of carbonyl (C=O) groups excluding carboxylic acids is 1. The number of thiophene rings is 1. The van der Waals surface area contributed by atoms with Crippen LogP contribution in [0.3, 0.4) is 0 Å². The van der Waals surface area contributed by atoms with Crippen molar-refractivity contribution in [3.63, 3.8) is 0 Å². The lowest BCUT2D eigenvalue weighted by Crippen LogP contribution is -2.48. The summed E-state index contributed by atoms with van der Waals surface area (Å²) in [5, 5.41) is 8.74. The molecule has 126 valence electrons. The van der Waals surface area contributed by atoms with Crippen LogP contribution in [-0.2, 0) is 17.8 Å². The summed E-state index contributed by atoms with van der Waals surface area (Å²) >= 11 is 1.80. The van der Waals surface area contributed by atoms with E-state index in [2.05, 4.69) is 27.1 Å². The molecule has 2 aliphatic rings. The predicted molar refractivity (Wildman–Crippen MR) is 94.8 cm³/mol. The van der Waals surface area contributed by atoms with Gasteiger partial charge in [0.25, 0.3) is 0 Å². The molecule has 3 rings (SSSR count). The highest BCUT2D eigenvalue weighted by molar-refractivity contribution is 7.10. The quantitative estimate of drug-likeness (QED) is 0.658. The van der Waals surface area contributed by atoms with Crippen LogP contribution in [0, 0.1) is 0 Å². The maximum absolute atomic E-state index is 12.4. The first-order valence-electron chi connectivity index (χ1n) is 8.56. The standard InChI is InChI=1S/C17H26N4OS/c1-18-17(20-14-5-3-2-4-6-14)19-11-16(22)21-9-7-15-13(12-21)8-10-23-15/h8,10,14H,2-7,9,11-12H2,1H3,(H2,18,19,20). The van der Waals surface area contributed by atoms with Gasteiger partial charge in [-0.15, -0.1) is 11.3 Å². The lowest BCUT2D eigenvalue weighted by Gasteiger charge is -2.28. The molecule has 0 spiro atoms. The number of nitrogens with zero attached hydrogens (tertiary/aromatic N) is 2. The van der Waals surface area contributed by atoms with E-state index < -0.39 is 0 Å². The van der Waals surface area contributed by atoms with Crippen molar-refractivity contribution in [3.8, 4) is 0 Å². The maximum atomic E-state index is 12.4. The number of guanidine groups is 1. The number of nitrogens with one attached hydrogen (secondary N) is 2. The number of rotatable bonds is 3. The van der Waals surface area contributed by atoms with Crippen molar-refractivity contribution in [2.24, 2.45) is 4.99 Å². The summed E-state index contributed by atoms with van der Waals surface area (Å²) in [7, 11) is 1.77. The number of carbonyl (C=O) groups is 1. The Balaban J connectivity index is 1.46. The van der Waals surface area contributed by atoms with Crippen molar-refractivity contribution in [1.29, 1.82) is 0 Å². The smallest absolute Gasteiger partial charge is 0.242 e. The van der Waals surface area contributed by atoms with E-state index in [0.717, 1.165) is 25.5 Å². The summed E-state index contributed by atoms with van der Waals surface area (Å²) in [5.41, 5.74) is 1.30. The fraction of sp³-hybridized carbons (Fsp3) is 0.647. The van der Waals surface area contributed by atoms with E-state index in [9.17, 15) is 4.79 Å². The highest BCUT2D eigenvalue weighted by Gasteiger charge is 2.21. The molecule has 0 aromatic carbocycles. The lowest BCUT2D eigenvalue weighted by molar-refractivity contribution is -0.130. The molecule has 1 aliphatic carbocycles. The van der Waals surface area contributed by atoms with E-state index in [1.54, 1.807) is 18.4 Å². The predicted octanol–water partition coefficient (Wildman–Crippen LogP) is 2.13. The zero-order chi connectivity index (χ0) is 16.1. The molecule has 1 aromatic heterocycles. The fourth-order valence-electron chi connectivity index (χ4n) is 3.37. The van der Waals surface area contributed by atoms with E-state index in [1.807, 2.05) is 4.90 Å².